The number of halogens is 3. The maximum atomic E-state index is 12.9. The first-order chi connectivity index (χ1) is 57.6. The van der Waals surface area contributed by atoms with E-state index in [1.165, 1.54) is 75.6 Å². The number of esters is 1. The number of aromatic amines is 1. The van der Waals surface area contributed by atoms with E-state index in [1.807, 2.05) is 124 Å². The van der Waals surface area contributed by atoms with Gasteiger partial charge in [-0.25, -0.2) is 64.0 Å². The molecule has 0 aliphatic heterocycles. The van der Waals surface area contributed by atoms with Crippen molar-refractivity contribution in [2.45, 2.75) is 203 Å². The van der Waals surface area contributed by atoms with E-state index in [2.05, 4.69) is 120 Å². The number of amides is 2. The van der Waals surface area contributed by atoms with Gasteiger partial charge in [-0.2, -0.15) is 0 Å². The molecule has 14 heterocycles. The van der Waals surface area contributed by atoms with E-state index in [-0.39, 0.29) is 44.7 Å². The van der Waals surface area contributed by atoms with E-state index in [0.29, 0.717) is 97.4 Å². The van der Waals surface area contributed by atoms with E-state index in [4.69, 9.17) is 39.5 Å². The van der Waals surface area contributed by atoms with Crippen molar-refractivity contribution < 1.29 is 19.1 Å². The molecule has 0 radical (unpaired) electrons. The number of pyridine rings is 7. The Morgan fingerprint density at radius 3 is 1.21 bits per heavy atom. The molecule has 5 saturated carbocycles. The van der Waals surface area contributed by atoms with Crippen LogP contribution in [0.1, 0.15) is 256 Å². The Balaban J connectivity index is 0.000000140. The highest BCUT2D eigenvalue weighted by Gasteiger charge is 2.30. The van der Waals surface area contributed by atoms with Crippen molar-refractivity contribution in [1.82, 2.24) is 123 Å². The van der Waals surface area contributed by atoms with Crippen LogP contribution in [0.25, 0.3) is 45.8 Å². The number of hydrogen-bond donors (Lipinski definition) is 3. The van der Waals surface area contributed by atoms with Crippen LogP contribution in [-0.4, -0.2) is 148 Å². The van der Waals surface area contributed by atoms with Crippen molar-refractivity contribution in [3.63, 3.8) is 0 Å². The van der Waals surface area contributed by atoms with Gasteiger partial charge in [-0.05, 0) is 236 Å². The van der Waals surface area contributed by atoms with Gasteiger partial charge in [-0.3, -0.25) is 19.6 Å². The number of tetrazole rings is 2. The molecule has 2 amide bonds. The third-order valence-electron chi connectivity index (χ3n) is 20.1. The summed E-state index contributed by atoms with van der Waals surface area (Å²) >= 11 is 17.1. The van der Waals surface area contributed by atoms with Crippen LogP contribution in [0.2, 0.25) is 15.3 Å². The quantitative estimate of drug-likeness (QED) is 0.0342. The Hall–Kier alpha value is -12.5. The van der Waals surface area contributed by atoms with Crippen molar-refractivity contribution >= 4 is 64.2 Å². The molecule has 0 saturated heterocycles. The number of aromatic nitrogens is 25. The summed E-state index contributed by atoms with van der Waals surface area (Å²) in [6, 6.07) is 19.6. The zero-order valence-corrected chi connectivity index (χ0v) is 70.0. The van der Waals surface area contributed by atoms with Gasteiger partial charge in [0, 0.05) is 102 Å². The molecule has 14 aromatic rings. The molecule has 14 aromatic heterocycles. The van der Waals surface area contributed by atoms with E-state index in [9.17, 15) is 14.4 Å². The Labute approximate surface area is 717 Å². The summed E-state index contributed by atoms with van der Waals surface area (Å²) in [5, 5.41) is 30.9. The van der Waals surface area contributed by atoms with Crippen LogP contribution >= 0.6 is 34.8 Å². The van der Waals surface area contributed by atoms with Gasteiger partial charge in [0.05, 0.1) is 95.9 Å². The highest BCUT2D eigenvalue weighted by Crippen LogP contribution is 2.43. The molecule has 34 heteroatoms. The third-order valence-corrected chi connectivity index (χ3v) is 20.9. The average molecular weight is 1690 g/mol. The van der Waals surface area contributed by atoms with Crippen LogP contribution in [0.3, 0.4) is 0 Å². The van der Waals surface area contributed by atoms with Crippen LogP contribution in [0.15, 0.2) is 160 Å². The molecule has 0 atom stereocenters. The number of anilines is 2. The monoisotopic (exact) mass is 1690 g/mol. The van der Waals surface area contributed by atoms with Gasteiger partial charge in [-0.15, -0.1) is 10.2 Å². The first-order valence-electron chi connectivity index (χ1n) is 39.8. The summed E-state index contributed by atoms with van der Waals surface area (Å²) in [6.45, 7) is 20.3. The molecule has 0 spiro atoms. The number of rotatable bonds is 21. The lowest BCUT2D eigenvalue weighted by molar-refractivity contribution is 0.0492. The lowest BCUT2D eigenvalue weighted by Crippen LogP contribution is -2.16. The van der Waals surface area contributed by atoms with Crippen molar-refractivity contribution in [3.05, 3.63) is 249 Å². The summed E-state index contributed by atoms with van der Waals surface area (Å²) in [5.41, 5.74) is 16.6. The van der Waals surface area contributed by atoms with Crippen molar-refractivity contribution in [2.24, 2.45) is 0 Å². The van der Waals surface area contributed by atoms with Crippen molar-refractivity contribution in [2.75, 3.05) is 17.2 Å². The Morgan fingerprint density at radius 1 is 0.471 bits per heavy atom. The van der Waals surface area contributed by atoms with Gasteiger partial charge < -0.3 is 38.6 Å². The lowest BCUT2D eigenvalue weighted by Gasteiger charge is -2.10. The average Bonchev–Trinajstić information content (AvgIpc) is 1.59. The first kappa shape index (κ1) is 87.8. The van der Waals surface area contributed by atoms with Gasteiger partial charge >= 0.3 is 5.97 Å². The highest BCUT2D eigenvalue weighted by atomic mass is 35.5. The first-order valence-corrected chi connectivity index (χ1v) is 41.0. The minimum Gasteiger partial charge on any atom is -0.461 e. The van der Waals surface area contributed by atoms with Gasteiger partial charge in [0.2, 0.25) is 11.6 Å². The SMILES string of the molecule is C.C.CCCCOC(=O)c1cc(-n2cnc(C3CC3)c2)c(C)cn1.Cc1cnc(C(=O)Nc2cccc(-c3nnnn3C(C)C)n2)cc1-n1cnc(C2CC2)c1.Cc1cnc(C(=O)Nc2cccc(-c3nnnn3C(C)C)n2)cc1-n1cnc(C2CC2)c1.Cc1cnc(Cl)cc1-n1cnc(C2CC2)c1.Cc1cnc(Cl)cc1Cl.c1ncc(C2CC2)[nH]1. The molecule has 628 valence electrons. The van der Waals surface area contributed by atoms with E-state index < -0.39 is 0 Å². The van der Waals surface area contributed by atoms with Crippen molar-refractivity contribution in [1.29, 1.82) is 0 Å². The Bertz CT molecular complexity index is 5650. The third kappa shape index (κ3) is 23.1. The molecule has 3 N–H and O–H groups in total. The minimum atomic E-state index is -0.364. The van der Waals surface area contributed by atoms with E-state index in [1.54, 1.807) is 120 Å². The van der Waals surface area contributed by atoms with Crippen LogP contribution < -0.4 is 10.6 Å². The molecule has 121 heavy (non-hydrogen) atoms. The second kappa shape index (κ2) is 40.1. The molecule has 5 fully saturated rings. The zero-order chi connectivity index (χ0) is 83.4. The normalized spacial score (nSPS) is 13.7. The number of ether oxygens (including phenoxy) is 1. The number of unbranched alkanes of at least 4 members (excludes halogenated alkanes) is 1. The van der Waals surface area contributed by atoms with Gasteiger partial charge in [-0.1, -0.05) is 75.1 Å². The summed E-state index contributed by atoms with van der Waals surface area (Å²) in [6.07, 6.45) is 42.0. The molecule has 31 nitrogen and oxygen atoms in total. The van der Waals surface area contributed by atoms with Crippen LogP contribution in [0.4, 0.5) is 11.6 Å². The number of H-pyrrole nitrogens is 1. The summed E-state index contributed by atoms with van der Waals surface area (Å²) in [7, 11) is 0. The van der Waals surface area contributed by atoms with Gasteiger partial charge in [0.25, 0.3) is 11.8 Å². The fourth-order valence-corrected chi connectivity index (χ4v) is 13.0. The van der Waals surface area contributed by atoms with Crippen molar-refractivity contribution in [3.8, 4) is 45.8 Å². The minimum absolute atomic E-state index is 0. The summed E-state index contributed by atoms with van der Waals surface area (Å²) in [4.78, 5) is 92.5. The number of carbonyl (C=O) groups is 3. The van der Waals surface area contributed by atoms with E-state index >= 15 is 0 Å². The molecule has 0 unspecified atom stereocenters. The molecular weight excluding hydrogens is 1590 g/mol. The largest absolute Gasteiger partial charge is 0.461 e. The number of imidazole rings is 5. The number of nitrogens with zero attached hydrogens (tertiary/aromatic N) is 24. The predicted molar refractivity (Wildman–Crippen MR) is 464 cm³/mol. The van der Waals surface area contributed by atoms with Crippen LogP contribution in [-0.2, 0) is 4.74 Å². The predicted octanol–water partition coefficient (Wildman–Crippen LogP) is 18.4. The Morgan fingerprint density at radius 2 is 0.843 bits per heavy atom. The molecule has 5 aliphatic rings. The number of nitrogens with one attached hydrogen (secondary N) is 3. The van der Waals surface area contributed by atoms with Crippen LogP contribution in [0, 0.1) is 34.6 Å². The van der Waals surface area contributed by atoms with Gasteiger partial charge in [0.1, 0.15) is 50.4 Å². The number of carbonyl (C=O) groups excluding carboxylic acids is 3. The summed E-state index contributed by atoms with van der Waals surface area (Å²) in [5.74, 6) is 4.06. The topological polar surface area (TPSA) is 362 Å². The molecule has 19 rings (SSSR count). The smallest absolute Gasteiger partial charge is 0.356 e. The molecule has 5 aliphatic carbocycles. The standard InChI is InChI=1S/2C22H23N9O.C17H21N3O2.C12H12ClN3.C6H5Cl2N.C6H8N2.2CH4/c2*1-13(2)31-21(27-28-29-31)16-5-4-6-20(25-16)26-22(32)17-9-19(14(3)10-23-17)30-11-18(24-12-30)15-7-8-15;1-3-4-7-22-17(21)14-8-16(12(2)9-18-14)20-10-15(19-11-20)13-5-6-13;1-8-5-14-12(13)4-11(8)16-6-10(15-7-16)9-2-3-9;1-4-3-9-6(8)2-5(4)7;1-2-5(1)6-3-7-4-8-6;;/h2*4-6,9-13,15H,7-8H2,1-3H3,(H,25,26,32);8-11,13H,3-7H2,1-2H3;4-7,9H,2-3H2,1H3;2-3H,1H3;3-5H,1-2H2,(H,7,8);2*1H4. The fourth-order valence-electron chi connectivity index (χ4n) is 12.5. The lowest BCUT2D eigenvalue weighted by atomic mass is 10.2. The highest BCUT2D eigenvalue weighted by molar-refractivity contribution is 6.34. The fraction of sp³-hybridized carbons (Fsp3) is 0.368. The second-order valence-corrected chi connectivity index (χ2v) is 31.8. The molecule has 0 bridgehead atoms. The molecule has 0 aromatic carbocycles. The van der Waals surface area contributed by atoms with E-state index in [0.717, 1.165) is 86.4 Å². The second-order valence-electron chi connectivity index (χ2n) is 30.6. The zero-order valence-electron chi connectivity index (χ0n) is 67.7. The molecular formula is C87H100Cl3N27O4. The maximum absolute atomic E-state index is 12.9. The Kier molecular flexibility index (Phi) is 29.1. The summed E-state index contributed by atoms with van der Waals surface area (Å²) < 4.78 is 16.5. The number of hydrogen-bond acceptors (Lipinski definition) is 22. The van der Waals surface area contributed by atoms with Crippen LogP contribution in [0.5, 0.6) is 0 Å². The maximum Gasteiger partial charge on any atom is 0.356 e. The number of aryl methyl sites for hydroxylation is 5. The van der Waals surface area contributed by atoms with Gasteiger partial charge in [0.15, 0.2) is 0 Å².